The Morgan fingerprint density at radius 3 is 2.35 bits per heavy atom. The molecule has 1 heterocycles. The molecule has 3 nitrogen and oxygen atoms in total. The molecular weight excluding hydrogens is 253 g/mol. The zero-order valence-corrected chi connectivity index (χ0v) is 11.3. The third-order valence-corrected chi connectivity index (χ3v) is 3.17. The van der Waals surface area contributed by atoms with Crippen molar-refractivity contribution in [2.24, 2.45) is 0 Å². The Morgan fingerprint density at radius 2 is 1.65 bits per heavy atom. The molecule has 0 amide bonds. The van der Waals surface area contributed by atoms with Gasteiger partial charge in [-0.3, -0.25) is 0 Å². The largest absolute Gasteiger partial charge is 0.383 e. The van der Waals surface area contributed by atoms with Crippen LogP contribution in [-0.2, 0) is 0 Å². The summed E-state index contributed by atoms with van der Waals surface area (Å²) < 4.78 is 13.3. The lowest BCUT2D eigenvalue weighted by Gasteiger charge is -2.07. The Kier molecular flexibility index (Phi) is 2.86. The van der Waals surface area contributed by atoms with Gasteiger partial charge in [0.25, 0.3) is 0 Å². The van der Waals surface area contributed by atoms with Crippen LogP contribution in [-0.4, -0.2) is 9.97 Å². The van der Waals surface area contributed by atoms with Gasteiger partial charge in [-0.05, 0) is 38.1 Å². The standard InChI is InChI=1S/C16H14FN3/c1-9-5-10(2)7-11(6-9)16-19-14-8-12(17)3-4-13(14)15(18)20-16/h3-8H,1-2H3,(H2,18,19,20). The fourth-order valence-electron chi connectivity index (χ4n) is 2.36. The van der Waals surface area contributed by atoms with Gasteiger partial charge in [0.1, 0.15) is 11.6 Å². The number of hydrogen-bond acceptors (Lipinski definition) is 3. The molecule has 0 bridgehead atoms. The molecule has 4 heteroatoms. The van der Waals surface area contributed by atoms with Gasteiger partial charge in [-0.1, -0.05) is 17.2 Å². The van der Waals surface area contributed by atoms with Gasteiger partial charge in [-0.25, -0.2) is 14.4 Å². The average Bonchev–Trinajstić information content (AvgIpc) is 2.36. The second kappa shape index (κ2) is 4.56. The van der Waals surface area contributed by atoms with Gasteiger partial charge >= 0.3 is 0 Å². The minimum absolute atomic E-state index is 0.332. The molecule has 0 radical (unpaired) electrons. The van der Waals surface area contributed by atoms with E-state index < -0.39 is 0 Å². The van der Waals surface area contributed by atoms with E-state index in [0.717, 1.165) is 16.7 Å². The van der Waals surface area contributed by atoms with E-state index in [1.807, 2.05) is 26.0 Å². The van der Waals surface area contributed by atoms with Crippen molar-refractivity contribution in [2.75, 3.05) is 5.73 Å². The first-order chi connectivity index (χ1) is 9.52. The topological polar surface area (TPSA) is 51.8 Å². The number of halogens is 1. The van der Waals surface area contributed by atoms with Crippen LogP contribution >= 0.6 is 0 Å². The number of hydrogen-bond donors (Lipinski definition) is 1. The first kappa shape index (κ1) is 12.5. The summed E-state index contributed by atoms with van der Waals surface area (Å²) in [6.45, 7) is 4.03. The van der Waals surface area contributed by atoms with Crippen molar-refractivity contribution in [2.45, 2.75) is 13.8 Å². The first-order valence-corrected chi connectivity index (χ1v) is 6.34. The molecule has 0 fully saturated rings. The molecule has 0 unspecified atom stereocenters. The quantitative estimate of drug-likeness (QED) is 0.732. The number of nitrogen functional groups attached to an aromatic ring is 1. The van der Waals surface area contributed by atoms with Crippen molar-refractivity contribution in [1.29, 1.82) is 0 Å². The van der Waals surface area contributed by atoms with Gasteiger partial charge in [0, 0.05) is 17.0 Å². The highest BCUT2D eigenvalue weighted by Crippen LogP contribution is 2.25. The fraction of sp³-hybridized carbons (Fsp3) is 0.125. The predicted molar refractivity (Wildman–Crippen MR) is 78.8 cm³/mol. The SMILES string of the molecule is Cc1cc(C)cc(-c2nc(N)c3ccc(F)cc3n2)c1. The lowest BCUT2D eigenvalue weighted by atomic mass is 10.1. The minimum atomic E-state index is -0.332. The number of rotatable bonds is 1. The van der Waals surface area contributed by atoms with E-state index in [1.165, 1.54) is 12.1 Å². The molecular formula is C16H14FN3. The lowest BCUT2D eigenvalue weighted by Crippen LogP contribution is -1.98. The predicted octanol–water partition coefficient (Wildman–Crippen LogP) is 3.63. The number of aromatic nitrogens is 2. The fourth-order valence-corrected chi connectivity index (χ4v) is 2.36. The molecule has 20 heavy (non-hydrogen) atoms. The summed E-state index contributed by atoms with van der Waals surface area (Å²) in [5.41, 5.74) is 9.61. The monoisotopic (exact) mass is 267 g/mol. The third-order valence-electron chi connectivity index (χ3n) is 3.17. The highest BCUT2D eigenvalue weighted by atomic mass is 19.1. The Morgan fingerprint density at radius 1 is 0.950 bits per heavy atom. The van der Waals surface area contributed by atoms with E-state index in [9.17, 15) is 4.39 Å². The molecule has 2 aromatic carbocycles. The van der Waals surface area contributed by atoms with Gasteiger partial charge in [0.05, 0.1) is 5.52 Å². The average molecular weight is 267 g/mol. The molecule has 100 valence electrons. The number of benzene rings is 2. The maximum atomic E-state index is 13.3. The summed E-state index contributed by atoms with van der Waals surface area (Å²) in [4.78, 5) is 8.75. The summed E-state index contributed by atoms with van der Waals surface area (Å²) in [7, 11) is 0. The van der Waals surface area contributed by atoms with Crippen LogP contribution in [0.25, 0.3) is 22.3 Å². The van der Waals surface area contributed by atoms with E-state index in [1.54, 1.807) is 6.07 Å². The van der Waals surface area contributed by atoms with Gasteiger partial charge < -0.3 is 5.73 Å². The van der Waals surface area contributed by atoms with E-state index in [-0.39, 0.29) is 5.82 Å². The molecule has 0 aliphatic heterocycles. The molecule has 2 N–H and O–H groups in total. The second-order valence-corrected chi connectivity index (χ2v) is 4.97. The smallest absolute Gasteiger partial charge is 0.162 e. The highest BCUT2D eigenvalue weighted by molar-refractivity contribution is 5.89. The number of fused-ring (bicyclic) bond motifs is 1. The number of aryl methyl sites for hydroxylation is 2. The highest BCUT2D eigenvalue weighted by Gasteiger charge is 2.09. The molecule has 1 aromatic heterocycles. The number of nitrogens with two attached hydrogens (primary N) is 1. The summed E-state index contributed by atoms with van der Waals surface area (Å²) >= 11 is 0. The Labute approximate surface area is 116 Å². The van der Waals surface area contributed by atoms with Crippen molar-refractivity contribution < 1.29 is 4.39 Å². The van der Waals surface area contributed by atoms with Crippen LogP contribution in [0.1, 0.15) is 11.1 Å². The van der Waals surface area contributed by atoms with Gasteiger partial charge in [-0.2, -0.15) is 0 Å². The van der Waals surface area contributed by atoms with Crippen LogP contribution in [0.15, 0.2) is 36.4 Å². The van der Waals surface area contributed by atoms with E-state index in [0.29, 0.717) is 22.5 Å². The van der Waals surface area contributed by atoms with E-state index in [4.69, 9.17) is 5.73 Å². The summed E-state index contributed by atoms with van der Waals surface area (Å²) in [5, 5.41) is 0.666. The van der Waals surface area contributed by atoms with E-state index in [2.05, 4.69) is 16.0 Å². The molecule has 3 aromatic rings. The third kappa shape index (κ3) is 2.20. The molecule has 3 rings (SSSR count). The van der Waals surface area contributed by atoms with Crippen molar-refractivity contribution in [3.8, 4) is 11.4 Å². The van der Waals surface area contributed by atoms with E-state index >= 15 is 0 Å². The first-order valence-electron chi connectivity index (χ1n) is 6.34. The molecule has 0 spiro atoms. The van der Waals surface area contributed by atoms with Gasteiger partial charge in [0.2, 0.25) is 0 Å². The van der Waals surface area contributed by atoms with Gasteiger partial charge in [-0.15, -0.1) is 0 Å². The maximum Gasteiger partial charge on any atom is 0.162 e. The zero-order valence-electron chi connectivity index (χ0n) is 11.3. The van der Waals surface area contributed by atoms with Crippen LogP contribution in [0.5, 0.6) is 0 Å². The molecule has 0 aliphatic carbocycles. The Hall–Kier alpha value is -2.49. The van der Waals surface area contributed by atoms with Crippen LogP contribution in [0.4, 0.5) is 10.2 Å². The normalized spacial score (nSPS) is 10.9. The second-order valence-electron chi connectivity index (χ2n) is 4.97. The van der Waals surface area contributed by atoms with Crippen molar-refractivity contribution >= 4 is 16.7 Å². The molecule has 0 aliphatic rings. The van der Waals surface area contributed by atoms with Crippen molar-refractivity contribution in [1.82, 2.24) is 9.97 Å². The summed E-state index contributed by atoms with van der Waals surface area (Å²) in [6, 6.07) is 10.4. The molecule has 0 saturated carbocycles. The van der Waals surface area contributed by atoms with Crippen LogP contribution in [0.2, 0.25) is 0 Å². The zero-order chi connectivity index (χ0) is 14.3. The van der Waals surface area contributed by atoms with Gasteiger partial charge in [0.15, 0.2) is 5.82 Å². The van der Waals surface area contributed by atoms with Crippen LogP contribution < -0.4 is 5.73 Å². The maximum absolute atomic E-state index is 13.3. The minimum Gasteiger partial charge on any atom is -0.383 e. The van der Waals surface area contributed by atoms with Crippen molar-refractivity contribution in [3.63, 3.8) is 0 Å². The molecule has 0 atom stereocenters. The Balaban J connectivity index is 2.26. The van der Waals surface area contributed by atoms with Crippen LogP contribution in [0.3, 0.4) is 0 Å². The Bertz CT molecular complexity index is 792. The molecule has 0 saturated heterocycles. The number of anilines is 1. The summed E-state index contributed by atoms with van der Waals surface area (Å²) in [6.07, 6.45) is 0. The van der Waals surface area contributed by atoms with Crippen molar-refractivity contribution in [3.05, 3.63) is 53.3 Å². The summed E-state index contributed by atoms with van der Waals surface area (Å²) in [5.74, 6) is 0.554. The van der Waals surface area contributed by atoms with Crippen LogP contribution in [0, 0.1) is 19.7 Å². The lowest BCUT2D eigenvalue weighted by molar-refractivity contribution is 0.629. The number of nitrogens with zero attached hydrogens (tertiary/aromatic N) is 2.